The fourth-order valence-electron chi connectivity index (χ4n) is 2.66. The van der Waals surface area contributed by atoms with E-state index in [1.807, 2.05) is 13.8 Å². The maximum absolute atomic E-state index is 4.83. The van der Waals surface area contributed by atoms with E-state index in [2.05, 4.69) is 112 Å². The van der Waals surface area contributed by atoms with Crippen LogP contribution in [0.15, 0.2) is 43.2 Å². The van der Waals surface area contributed by atoms with Gasteiger partial charge in [-0.05, 0) is 88.1 Å². The van der Waals surface area contributed by atoms with Crippen molar-refractivity contribution in [3.63, 3.8) is 0 Å². The molecular weight excluding hydrogens is 647 g/mol. The first-order valence-corrected chi connectivity index (χ1v) is 14.5. The second-order valence-corrected chi connectivity index (χ2v) is 13.0. The van der Waals surface area contributed by atoms with Crippen LogP contribution < -0.4 is 0 Å². The summed E-state index contributed by atoms with van der Waals surface area (Å²) >= 11 is 13.1. The molecule has 2 rings (SSSR count). The van der Waals surface area contributed by atoms with Gasteiger partial charge in [0.15, 0.2) is 0 Å². The van der Waals surface area contributed by atoms with Gasteiger partial charge in [0.1, 0.15) is 0 Å². The first-order valence-electron chi connectivity index (χ1n) is 8.07. The van der Waals surface area contributed by atoms with Crippen molar-refractivity contribution in [2.75, 3.05) is 0 Å². The quantitative estimate of drug-likeness (QED) is 0.231. The molecule has 150 valence electrons. The Kier molecular flexibility index (Phi) is 11.2. The van der Waals surface area contributed by atoms with E-state index in [9.17, 15) is 0 Å². The van der Waals surface area contributed by atoms with E-state index < -0.39 is 0 Å². The number of hydrogen-bond acceptors (Lipinski definition) is 2. The zero-order valence-corrected chi connectivity index (χ0v) is 23.4. The summed E-state index contributed by atoms with van der Waals surface area (Å²) in [6, 6.07) is 8.37. The SMILES string of the molecule is CC(=Nc1c(C)cc(Br)cc1C)C(C)=Nc1c(C)cc(Br)cc1C.[Br][Ni][Br]. The third-order valence-electron chi connectivity index (χ3n) is 3.99. The van der Waals surface area contributed by atoms with Crippen LogP contribution in [-0.2, 0) is 10.9 Å². The van der Waals surface area contributed by atoms with Crippen LogP contribution in [0.25, 0.3) is 0 Å². The summed E-state index contributed by atoms with van der Waals surface area (Å²) in [7, 11) is 1.25. The van der Waals surface area contributed by atoms with Gasteiger partial charge >= 0.3 is 39.3 Å². The molecule has 0 radical (unpaired) electrons. The molecule has 0 spiro atoms. The number of rotatable bonds is 3. The first kappa shape index (κ1) is 25.2. The monoisotopic (exact) mass is 664 g/mol. The first-order chi connectivity index (χ1) is 12.6. The Hall–Kier alpha value is 0.194. The van der Waals surface area contributed by atoms with E-state index in [0.29, 0.717) is 0 Å². The van der Waals surface area contributed by atoms with Gasteiger partial charge in [-0.2, -0.15) is 0 Å². The van der Waals surface area contributed by atoms with Crippen molar-refractivity contribution in [1.29, 1.82) is 0 Å². The second kappa shape index (κ2) is 12.0. The minimum absolute atomic E-state index is 0.935. The number of aryl methyl sites for hydroxylation is 4. The van der Waals surface area contributed by atoms with E-state index in [1.54, 1.807) is 0 Å². The predicted molar refractivity (Wildman–Crippen MR) is 131 cm³/mol. The summed E-state index contributed by atoms with van der Waals surface area (Å²) in [5, 5.41) is 0. The molecule has 0 saturated carbocycles. The number of benzene rings is 2. The molecule has 2 aromatic carbocycles. The molecule has 0 fully saturated rings. The minimum atomic E-state index is 0.935. The van der Waals surface area contributed by atoms with Crippen molar-refractivity contribution in [3.05, 3.63) is 55.5 Å². The Labute approximate surface area is 199 Å². The van der Waals surface area contributed by atoms with Gasteiger partial charge < -0.3 is 0 Å². The molecule has 0 aromatic heterocycles. The topological polar surface area (TPSA) is 24.7 Å². The molecule has 0 saturated heterocycles. The van der Waals surface area contributed by atoms with Crippen molar-refractivity contribution in [2.45, 2.75) is 41.5 Å². The Morgan fingerprint density at radius 1 is 0.667 bits per heavy atom. The average Bonchev–Trinajstić information content (AvgIpc) is 2.54. The van der Waals surface area contributed by atoms with Gasteiger partial charge in [-0.15, -0.1) is 0 Å². The van der Waals surface area contributed by atoms with Gasteiger partial charge in [-0.3, -0.25) is 9.98 Å². The van der Waals surface area contributed by atoms with Crippen molar-refractivity contribution in [3.8, 4) is 0 Å². The molecule has 0 atom stereocenters. The Morgan fingerprint density at radius 3 is 1.11 bits per heavy atom. The van der Waals surface area contributed by atoms with Gasteiger partial charge in [0.25, 0.3) is 0 Å². The fourth-order valence-corrected chi connectivity index (χ4v) is 4.03. The van der Waals surface area contributed by atoms with Crippen LogP contribution in [-0.4, -0.2) is 11.4 Å². The van der Waals surface area contributed by atoms with E-state index in [4.69, 9.17) is 9.98 Å². The summed E-state index contributed by atoms with van der Waals surface area (Å²) in [6.07, 6.45) is 0. The fraction of sp³-hybridized carbons (Fsp3) is 0.300. The third kappa shape index (κ3) is 7.85. The molecule has 2 aromatic rings. The van der Waals surface area contributed by atoms with Gasteiger partial charge in [0.2, 0.25) is 0 Å². The molecular formula is C20H22Br4N2Ni. The maximum atomic E-state index is 4.83. The molecule has 0 heterocycles. The predicted octanol–water partition coefficient (Wildman–Crippen LogP) is 9.02. The summed E-state index contributed by atoms with van der Waals surface area (Å²) < 4.78 is 2.17. The number of hydrogen-bond donors (Lipinski definition) is 0. The standard InChI is InChI=1S/C20H22Br2N2.2BrH.Ni/c1-11-7-17(21)8-12(2)19(11)23-15(5)16(6)24-20-13(3)9-18(22)10-14(20)4;;;/h7-10H,1-6H3;2*1H;/q;;;+2/p-2. The Morgan fingerprint density at radius 2 is 0.889 bits per heavy atom. The van der Waals surface area contributed by atoms with E-state index >= 15 is 0 Å². The number of nitrogens with zero attached hydrogens (tertiary/aromatic N) is 2. The summed E-state index contributed by atoms with van der Waals surface area (Å²) in [5.74, 6) is 0. The number of aliphatic imine (C=N–C) groups is 2. The van der Waals surface area contributed by atoms with Crippen LogP contribution in [0.2, 0.25) is 0 Å². The zero-order valence-electron chi connectivity index (χ0n) is 16.0. The van der Waals surface area contributed by atoms with Crippen LogP contribution >= 0.6 is 60.3 Å². The van der Waals surface area contributed by atoms with Gasteiger partial charge in [-0.25, -0.2) is 0 Å². The number of halogens is 4. The van der Waals surface area contributed by atoms with E-state index in [1.165, 1.54) is 10.9 Å². The van der Waals surface area contributed by atoms with Crippen LogP contribution in [0.1, 0.15) is 36.1 Å². The normalized spacial score (nSPS) is 12.1. The summed E-state index contributed by atoms with van der Waals surface area (Å²) in [6.45, 7) is 12.4. The molecule has 0 bridgehead atoms. The molecule has 0 unspecified atom stereocenters. The molecule has 27 heavy (non-hydrogen) atoms. The van der Waals surface area contributed by atoms with E-state index in [-0.39, 0.29) is 0 Å². The van der Waals surface area contributed by atoms with Gasteiger partial charge in [-0.1, -0.05) is 31.9 Å². The molecule has 0 aliphatic rings. The Balaban J connectivity index is 0.00000114. The van der Waals surface area contributed by atoms with Crippen LogP contribution in [0.5, 0.6) is 0 Å². The molecule has 0 amide bonds. The second-order valence-electron chi connectivity index (χ2n) is 6.22. The van der Waals surface area contributed by atoms with Crippen molar-refractivity contribution < 1.29 is 10.9 Å². The van der Waals surface area contributed by atoms with Crippen molar-refractivity contribution in [1.82, 2.24) is 0 Å². The van der Waals surface area contributed by atoms with Crippen molar-refractivity contribution in [2.24, 2.45) is 9.98 Å². The van der Waals surface area contributed by atoms with Gasteiger partial charge in [0, 0.05) is 8.95 Å². The third-order valence-corrected chi connectivity index (χ3v) is 4.91. The van der Waals surface area contributed by atoms with E-state index in [0.717, 1.165) is 54.0 Å². The molecule has 2 nitrogen and oxygen atoms in total. The zero-order chi connectivity index (χ0) is 20.7. The summed E-state index contributed by atoms with van der Waals surface area (Å²) in [4.78, 5) is 9.66. The van der Waals surface area contributed by atoms with Gasteiger partial charge in [0.05, 0.1) is 22.8 Å². The summed E-state index contributed by atoms with van der Waals surface area (Å²) in [5.41, 5.74) is 8.55. The molecule has 0 N–H and O–H groups in total. The average molecular weight is 669 g/mol. The van der Waals surface area contributed by atoms with Crippen LogP contribution in [0, 0.1) is 27.7 Å². The Bertz CT molecular complexity index is 759. The molecule has 0 aliphatic carbocycles. The molecule has 0 aliphatic heterocycles. The molecule has 7 heteroatoms. The van der Waals surface area contributed by atoms with Crippen molar-refractivity contribution >= 4 is 83.1 Å². The van der Waals surface area contributed by atoms with Crippen LogP contribution in [0.4, 0.5) is 11.4 Å². The van der Waals surface area contributed by atoms with Crippen LogP contribution in [0.3, 0.4) is 0 Å².